The number of hydrogen-bond donors (Lipinski definition) is 3. The molecule has 5 aliphatic rings. The summed E-state index contributed by atoms with van der Waals surface area (Å²) in [5.41, 5.74) is 12.9. The van der Waals surface area contributed by atoms with Crippen LogP contribution in [0.15, 0.2) is 108 Å². The molecular formula is C60H76FFmN10O6S-. The maximum absolute atomic E-state index is 14.5. The Morgan fingerprint density at radius 2 is 1.53 bits per heavy atom. The number of rotatable bonds is 19. The minimum Gasteiger partial charge on any atom is -0.520 e. The molecule has 1 atom stereocenters. The van der Waals surface area contributed by atoms with Crippen LogP contribution >= 0.6 is 13.5 Å². The number of nitrogens with zero attached hydrogens (tertiary/aromatic N) is 7. The molecular weight excluding hydrogens is 1260 g/mol. The van der Waals surface area contributed by atoms with Crippen molar-refractivity contribution >= 4 is 55.4 Å². The number of primary amides is 1. The molecule has 16 nitrogen and oxygen atoms in total. The molecule has 4 fully saturated rings. The average molecular weight is 1340 g/mol. The van der Waals surface area contributed by atoms with Gasteiger partial charge in [-0.05, 0) is 92.2 Å². The van der Waals surface area contributed by atoms with Gasteiger partial charge >= 0.3 is 0 Å². The third kappa shape index (κ3) is 15.5. The van der Waals surface area contributed by atoms with Crippen LogP contribution in [0, 0.1) is 18.3 Å². The number of carbonyl (C=O) groups is 4. The molecule has 0 spiro atoms. The van der Waals surface area contributed by atoms with Gasteiger partial charge in [0.2, 0.25) is 12.3 Å². The zero-order chi connectivity index (χ0) is 54.5. The number of carbonyl (C=O) groups excluding carboxylic acids is 5. The quantitative estimate of drug-likeness (QED) is 0.0410. The van der Waals surface area contributed by atoms with Crippen molar-refractivity contribution < 1.29 is 33.1 Å². The van der Waals surface area contributed by atoms with Crippen LogP contribution in [0.2, 0.25) is 0 Å². The summed E-state index contributed by atoms with van der Waals surface area (Å²) >= 11 is 0. The van der Waals surface area contributed by atoms with E-state index in [0.29, 0.717) is 88.1 Å². The van der Waals surface area contributed by atoms with Crippen LogP contribution in [0.25, 0.3) is 11.1 Å². The van der Waals surface area contributed by atoms with Crippen molar-refractivity contribution in [2.45, 2.75) is 71.1 Å². The first-order valence-electron chi connectivity index (χ1n) is 27.1. The van der Waals surface area contributed by atoms with E-state index in [1.165, 1.54) is 37.6 Å². The molecule has 4 aliphatic heterocycles. The normalized spacial score (nSPS) is 18.4. The Labute approximate surface area is 465 Å². The van der Waals surface area contributed by atoms with Gasteiger partial charge in [-0.2, -0.15) is 19.9 Å². The van der Waals surface area contributed by atoms with Crippen LogP contribution in [0.3, 0.4) is 0 Å². The second-order valence-corrected chi connectivity index (χ2v) is 21.1. The third-order valence-electron chi connectivity index (χ3n) is 15.5. The summed E-state index contributed by atoms with van der Waals surface area (Å²) in [5.74, 6) is -0.317. The standard InChI is InChI=1S/C39H51N6O3.C21H23FN4O3.Fm.H2S/c1-4-31-9-7-11-34(21-31)35-22-36(41-39(27-48-28-39)26-44(29-46)25-33-10-6-8-30(3)20-33)37(40-23-35)38(47)45-18-16-43(17-19-45)24-32-12-14-42(5-2)15-13-32;22-18-6-5-14(12-19(23)15-3-1-2-4-16(15)20(24)28)11-17(18)21(29)26-9-7-25(13-27)8-10-26;;/h6-11,20-23,32,41H,4-5,12-19,24-28H2,1-3H3;1-5,11,13,18,23H,6-10,12H2,(H2,24,28);;1H2/q-1;;;. The van der Waals surface area contributed by atoms with E-state index in [-0.39, 0.29) is 55.0 Å². The number of benzene rings is 3. The van der Waals surface area contributed by atoms with Gasteiger partial charge in [0.15, 0.2) is 5.69 Å². The van der Waals surface area contributed by atoms with E-state index in [1.807, 2.05) is 42.3 Å². The van der Waals surface area contributed by atoms with Gasteiger partial charge in [-0.15, -0.1) is 0 Å². The number of aryl methyl sites for hydroxylation is 2. The molecule has 0 saturated carbocycles. The number of piperazine rings is 2. The number of anilines is 1. The number of piperidine rings is 1. The molecule has 0 bridgehead atoms. The molecule has 5 amide bonds. The number of nitrogens with one attached hydrogen (secondary N) is 2. The van der Waals surface area contributed by atoms with Crippen LogP contribution < -0.4 is 11.1 Å². The number of alkyl halides is 1. The minimum absolute atomic E-state index is 0. The monoisotopic (exact) mass is 1340 g/mol. The predicted molar refractivity (Wildman–Crippen MR) is 307 cm³/mol. The Bertz CT molecular complexity index is 2830. The van der Waals surface area contributed by atoms with Crippen molar-refractivity contribution in [3.63, 3.8) is 0 Å². The van der Waals surface area contributed by atoms with E-state index < -0.39 is 17.6 Å². The number of pyridine rings is 1. The van der Waals surface area contributed by atoms with Crippen molar-refractivity contribution in [1.29, 1.82) is 5.41 Å². The topological polar surface area (TPSA) is 189 Å². The number of allylic oxidation sites excluding steroid dienone is 3. The van der Waals surface area contributed by atoms with Crippen molar-refractivity contribution in [1.82, 2.24) is 34.4 Å². The molecule has 1 aliphatic carbocycles. The number of halogens is 1. The Morgan fingerprint density at radius 3 is 2.16 bits per heavy atom. The first-order valence-corrected chi connectivity index (χ1v) is 27.1. The van der Waals surface area contributed by atoms with Gasteiger partial charge in [0.05, 0.1) is 30.0 Å². The van der Waals surface area contributed by atoms with E-state index in [4.69, 9.17) is 20.9 Å². The first kappa shape index (κ1) is 60.5. The van der Waals surface area contributed by atoms with Crippen LogP contribution in [-0.2, 0) is 32.1 Å². The van der Waals surface area contributed by atoms with E-state index >= 15 is 0 Å². The number of ether oxygens (including phenoxy) is 1. The van der Waals surface area contributed by atoms with E-state index in [9.17, 15) is 28.4 Å². The smallest absolute Gasteiger partial charge is 0.274 e. The average Bonchev–Trinajstić information content (AvgIpc) is 3.49. The SMILES string of the molecule is CCc1cccc(-c2cnc(C(=O)N3CCN(CC4CCN(CC)CC4)CC3)c(NC3(CN([C-]=O)Cc4cccc(C)c4)COC3)c2)c1.N=C(CC1=CCC(F)C(C(=O)N2CCN(C=O)CC2)=C1)c1ccccc1C(N)=O.S.[Fm]. The summed E-state index contributed by atoms with van der Waals surface area (Å²) < 4.78 is 20.2. The molecule has 1 unspecified atom stereocenters. The minimum atomic E-state index is -1.40. The molecule has 428 valence electrons. The van der Waals surface area contributed by atoms with Gasteiger partial charge in [-0.1, -0.05) is 92.2 Å². The van der Waals surface area contributed by atoms with E-state index in [1.54, 1.807) is 45.0 Å². The number of hydrogen-bond acceptors (Lipinski definition) is 11. The summed E-state index contributed by atoms with van der Waals surface area (Å²) in [5, 5.41) is 12.0. The van der Waals surface area contributed by atoms with Gasteiger partial charge in [-0.3, -0.25) is 24.1 Å². The van der Waals surface area contributed by atoms with Crippen molar-refractivity contribution in [2.75, 3.05) is 104 Å². The molecule has 4 N–H and O–H groups in total. The summed E-state index contributed by atoms with van der Waals surface area (Å²) in [4.78, 5) is 78.2. The third-order valence-corrected chi connectivity index (χ3v) is 15.5. The number of nitrogens with two attached hydrogens (primary N) is 1. The molecule has 4 saturated heterocycles. The second-order valence-electron chi connectivity index (χ2n) is 21.1. The fourth-order valence-corrected chi connectivity index (χ4v) is 10.9. The molecule has 79 heavy (non-hydrogen) atoms. The van der Waals surface area contributed by atoms with Crippen LogP contribution in [0.4, 0.5) is 10.1 Å². The number of aromatic nitrogens is 1. The fourth-order valence-electron chi connectivity index (χ4n) is 10.9. The van der Waals surface area contributed by atoms with Gasteiger partial charge in [0, 0.05) is 113 Å². The van der Waals surface area contributed by atoms with Crippen LogP contribution in [0.1, 0.15) is 82.6 Å². The molecule has 5 heterocycles. The Morgan fingerprint density at radius 1 is 0.861 bits per heavy atom. The molecule has 19 heteroatoms. The van der Waals surface area contributed by atoms with Crippen molar-refractivity contribution in [2.24, 2.45) is 11.7 Å². The van der Waals surface area contributed by atoms with Gasteiger partial charge < -0.3 is 50.5 Å². The molecule has 3 aromatic carbocycles. The Balaban J connectivity index is 0.000000280. The zero-order valence-electron chi connectivity index (χ0n) is 45.6. The van der Waals surface area contributed by atoms with Crippen molar-refractivity contribution in [3.05, 3.63) is 142 Å². The molecule has 4 aromatic rings. The van der Waals surface area contributed by atoms with Crippen molar-refractivity contribution in [3.8, 4) is 11.1 Å². The van der Waals surface area contributed by atoms with Gasteiger partial charge in [-0.25, -0.2) is 9.37 Å². The molecule has 0 radical (unpaired) electrons. The maximum Gasteiger partial charge on any atom is 0.274 e. The molecule has 1 aromatic heterocycles. The number of likely N-dealkylation sites (tertiary alicyclic amines) is 1. The first-order chi connectivity index (χ1) is 37.3. The summed E-state index contributed by atoms with van der Waals surface area (Å²) in [7, 11) is 0. The Hall–Kier alpha value is -7.73. The number of amides is 5. The fraction of sp³-hybridized carbons (Fsp3) is 0.450. The predicted octanol–water partition coefficient (Wildman–Crippen LogP) is 6.41. The van der Waals surface area contributed by atoms with Gasteiger partial charge in [0.1, 0.15) is 6.17 Å². The van der Waals surface area contributed by atoms with E-state index in [0.717, 1.165) is 67.2 Å². The largest absolute Gasteiger partial charge is 0.520 e. The summed E-state index contributed by atoms with van der Waals surface area (Å²) in [6, 6.07) is 25.3. The summed E-state index contributed by atoms with van der Waals surface area (Å²) in [6.45, 7) is 17.5. The summed E-state index contributed by atoms with van der Waals surface area (Å²) in [6.07, 6.45) is 10.2. The zero-order valence-corrected chi connectivity index (χ0v) is 49.0. The molecule has 9 rings (SSSR count). The second kappa shape index (κ2) is 28.2. The van der Waals surface area contributed by atoms with E-state index in [2.05, 4.69) is 65.7 Å². The Kier molecular flexibility index (Phi) is 21.6. The maximum atomic E-state index is 14.5. The van der Waals surface area contributed by atoms with Crippen LogP contribution in [-0.4, -0.2) is 181 Å². The van der Waals surface area contributed by atoms with Gasteiger partial charge in [0.25, 0.3) is 11.8 Å². The van der Waals surface area contributed by atoms with Crippen LogP contribution in [0.5, 0.6) is 0 Å².